The Morgan fingerprint density at radius 3 is 2.44 bits per heavy atom. The number of benzene rings is 1. The van der Waals surface area contributed by atoms with Gasteiger partial charge in [0.2, 0.25) is 0 Å². The molecule has 0 atom stereocenters. The number of nitrogens with zero attached hydrogens (tertiary/aromatic N) is 4. The van der Waals surface area contributed by atoms with Gasteiger partial charge in [-0.05, 0) is 68.6 Å². The Balaban J connectivity index is 1.39. The van der Waals surface area contributed by atoms with E-state index in [0.717, 1.165) is 37.6 Å². The van der Waals surface area contributed by atoms with Gasteiger partial charge in [0.05, 0.1) is 11.4 Å². The molecule has 0 spiro atoms. The average molecular weight is 381 g/mol. The van der Waals surface area contributed by atoms with Crippen molar-refractivity contribution >= 4 is 11.3 Å². The molecule has 1 aromatic carbocycles. The monoisotopic (exact) mass is 380 g/mol. The van der Waals surface area contributed by atoms with Crippen LogP contribution < -0.4 is 0 Å². The first kappa shape index (κ1) is 18.4. The molecule has 1 fully saturated rings. The molecule has 1 aliphatic rings. The summed E-state index contributed by atoms with van der Waals surface area (Å²) in [5.41, 5.74) is 4.78. The Labute approximate surface area is 166 Å². The van der Waals surface area contributed by atoms with Crippen LogP contribution in [0.1, 0.15) is 28.2 Å². The van der Waals surface area contributed by atoms with Gasteiger partial charge >= 0.3 is 0 Å². The Kier molecular flexibility index (Phi) is 5.72. The number of aromatic nitrogens is 2. The molecule has 1 saturated heterocycles. The van der Waals surface area contributed by atoms with Gasteiger partial charge in [0.15, 0.2) is 0 Å². The number of hydrogen-bond acceptors (Lipinski definition) is 4. The third-order valence-corrected chi connectivity index (χ3v) is 6.07. The molecule has 5 heteroatoms. The van der Waals surface area contributed by atoms with Crippen molar-refractivity contribution in [2.75, 3.05) is 26.2 Å². The summed E-state index contributed by atoms with van der Waals surface area (Å²) in [6.07, 6.45) is 1.24. The first-order chi connectivity index (χ1) is 13.2. The van der Waals surface area contributed by atoms with Crippen molar-refractivity contribution < 1.29 is 0 Å². The highest BCUT2D eigenvalue weighted by molar-refractivity contribution is 7.09. The second-order valence-corrected chi connectivity index (χ2v) is 8.53. The van der Waals surface area contributed by atoms with Crippen LogP contribution in [0.25, 0.3) is 5.69 Å². The van der Waals surface area contributed by atoms with Gasteiger partial charge in [0.25, 0.3) is 0 Å². The maximum atomic E-state index is 4.63. The van der Waals surface area contributed by atoms with Gasteiger partial charge in [-0.25, -0.2) is 4.68 Å². The lowest BCUT2D eigenvalue weighted by Crippen LogP contribution is -2.30. The van der Waals surface area contributed by atoms with Crippen LogP contribution in [-0.2, 0) is 13.1 Å². The van der Waals surface area contributed by atoms with Crippen LogP contribution in [-0.4, -0.2) is 45.8 Å². The fraction of sp³-hybridized carbons (Fsp3) is 0.409. The standard InChI is InChI=1S/C22H28N4S/c1-18-14-19(2)26(23-18)21-7-3-6-20(15-21)16-24-9-5-10-25(12-11-24)17-22-8-4-13-27-22/h3-4,6-8,13-15H,5,9-12,16-17H2,1-2H3. The van der Waals surface area contributed by atoms with E-state index in [1.807, 2.05) is 22.9 Å². The lowest BCUT2D eigenvalue weighted by atomic mass is 10.2. The second kappa shape index (κ2) is 8.38. The van der Waals surface area contributed by atoms with E-state index in [4.69, 9.17) is 0 Å². The summed E-state index contributed by atoms with van der Waals surface area (Å²) in [7, 11) is 0. The van der Waals surface area contributed by atoms with E-state index in [-0.39, 0.29) is 0 Å². The van der Waals surface area contributed by atoms with Gasteiger partial charge in [0, 0.05) is 36.8 Å². The molecule has 3 aromatic rings. The van der Waals surface area contributed by atoms with Crippen molar-refractivity contribution in [3.05, 3.63) is 69.7 Å². The van der Waals surface area contributed by atoms with E-state index >= 15 is 0 Å². The Bertz CT molecular complexity index is 868. The van der Waals surface area contributed by atoms with Crippen LogP contribution in [0.4, 0.5) is 0 Å². The maximum absolute atomic E-state index is 4.63. The summed E-state index contributed by atoms with van der Waals surface area (Å²) < 4.78 is 2.05. The quantitative estimate of drug-likeness (QED) is 0.661. The topological polar surface area (TPSA) is 24.3 Å². The van der Waals surface area contributed by atoms with E-state index in [0.29, 0.717) is 0 Å². The highest BCUT2D eigenvalue weighted by Gasteiger charge is 2.16. The SMILES string of the molecule is Cc1cc(C)n(-c2cccc(CN3CCCN(Cc4cccs4)CC3)c2)n1. The summed E-state index contributed by atoms with van der Waals surface area (Å²) in [4.78, 5) is 6.66. The lowest BCUT2D eigenvalue weighted by molar-refractivity contribution is 0.248. The molecule has 142 valence electrons. The first-order valence-electron chi connectivity index (χ1n) is 9.77. The van der Waals surface area contributed by atoms with E-state index in [1.54, 1.807) is 0 Å². The van der Waals surface area contributed by atoms with Crippen LogP contribution in [0.3, 0.4) is 0 Å². The van der Waals surface area contributed by atoms with Gasteiger partial charge in [-0.15, -0.1) is 11.3 Å². The highest BCUT2D eigenvalue weighted by Crippen LogP contribution is 2.17. The summed E-state index contributed by atoms with van der Waals surface area (Å²) >= 11 is 1.87. The zero-order valence-corrected chi connectivity index (χ0v) is 17.1. The van der Waals surface area contributed by atoms with Crippen molar-refractivity contribution in [3.63, 3.8) is 0 Å². The van der Waals surface area contributed by atoms with Crippen LogP contribution in [0, 0.1) is 13.8 Å². The van der Waals surface area contributed by atoms with Gasteiger partial charge in [-0.1, -0.05) is 18.2 Å². The summed E-state index contributed by atoms with van der Waals surface area (Å²) in [6.45, 7) is 10.9. The Morgan fingerprint density at radius 2 is 1.74 bits per heavy atom. The molecule has 3 heterocycles. The zero-order chi connectivity index (χ0) is 18.6. The molecule has 4 nitrogen and oxygen atoms in total. The molecule has 0 aliphatic carbocycles. The van der Waals surface area contributed by atoms with Crippen molar-refractivity contribution in [3.8, 4) is 5.69 Å². The molecule has 0 amide bonds. The molecule has 0 unspecified atom stereocenters. The summed E-state index contributed by atoms with van der Waals surface area (Å²) in [5, 5.41) is 6.80. The maximum Gasteiger partial charge on any atom is 0.0651 e. The predicted molar refractivity (Wildman–Crippen MR) is 113 cm³/mol. The minimum Gasteiger partial charge on any atom is -0.298 e. The van der Waals surface area contributed by atoms with Crippen molar-refractivity contribution in [2.45, 2.75) is 33.4 Å². The number of aryl methyl sites for hydroxylation is 2. The smallest absolute Gasteiger partial charge is 0.0651 e. The van der Waals surface area contributed by atoms with E-state index in [9.17, 15) is 0 Å². The summed E-state index contributed by atoms with van der Waals surface area (Å²) in [6, 6.07) is 15.4. The molecule has 0 radical (unpaired) electrons. The fourth-order valence-electron chi connectivity index (χ4n) is 3.90. The van der Waals surface area contributed by atoms with E-state index < -0.39 is 0 Å². The van der Waals surface area contributed by atoms with Gasteiger partial charge in [-0.2, -0.15) is 5.10 Å². The third-order valence-electron chi connectivity index (χ3n) is 5.21. The lowest BCUT2D eigenvalue weighted by Gasteiger charge is -2.21. The average Bonchev–Trinajstić information content (AvgIpc) is 3.22. The number of hydrogen-bond donors (Lipinski definition) is 0. The van der Waals surface area contributed by atoms with Crippen molar-refractivity contribution in [2.24, 2.45) is 0 Å². The Morgan fingerprint density at radius 1 is 0.926 bits per heavy atom. The zero-order valence-electron chi connectivity index (χ0n) is 16.3. The van der Waals surface area contributed by atoms with Crippen molar-refractivity contribution in [1.29, 1.82) is 0 Å². The van der Waals surface area contributed by atoms with Gasteiger partial charge in [0.1, 0.15) is 0 Å². The highest BCUT2D eigenvalue weighted by atomic mass is 32.1. The van der Waals surface area contributed by atoms with Crippen LogP contribution in [0.15, 0.2) is 47.8 Å². The summed E-state index contributed by atoms with van der Waals surface area (Å²) in [5.74, 6) is 0. The Hall–Kier alpha value is -1.95. The second-order valence-electron chi connectivity index (χ2n) is 7.49. The number of thiophene rings is 1. The van der Waals surface area contributed by atoms with E-state index in [1.165, 1.54) is 35.6 Å². The van der Waals surface area contributed by atoms with Gasteiger partial charge < -0.3 is 0 Å². The molecule has 0 saturated carbocycles. The van der Waals surface area contributed by atoms with Gasteiger partial charge in [-0.3, -0.25) is 9.80 Å². The first-order valence-corrected chi connectivity index (χ1v) is 10.6. The third kappa shape index (κ3) is 4.67. The molecule has 4 rings (SSSR count). The molecule has 0 N–H and O–H groups in total. The predicted octanol–water partition coefficient (Wildman–Crippen LogP) is 4.26. The van der Waals surface area contributed by atoms with Crippen LogP contribution in [0.5, 0.6) is 0 Å². The molecule has 27 heavy (non-hydrogen) atoms. The number of rotatable bonds is 5. The molecule has 1 aliphatic heterocycles. The van der Waals surface area contributed by atoms with E-state index in [2.05, 4.69) is 69.7 Å². The molecule has 0 bridgehead atoms. The largest absolute Gasteiger partial charge is 0.298 e. The molecular weight excluding hydrogens is 352 g/mol. The van der Waals surface area contributed by atoms with Crippen LogP contribution >= 0.6 is 11.3 Å². The van der Waals surface area contributed by atoms with Crippen LogP contribution in [0.2, 0.25) is 0 Å². The fourth-order valence-corrected chi connectivity index (χ4v) is 4.64. The minimum atomic E-state index is 1.01. The van der Waals surface area contributed by atoms with Crippen molar-refractivity contribution in [1.82, 2.24) is 19.6 Å². The minimum absolute atomic E-state index is 1.01. The normalized spacial score (nSPS) is 16.5. The molecule has 2 aromatic heterocycles. The molecular formula is C22H28N4S.